The lowest BCUT2D eigenvalue weighted by Crippen LogP contribution is -2.42. The number of anilines is 1. The molecule has 0 radical (unpaired) electrons. The van der Waals surface area contributed by atoms with Crippen LogP contribution in [-0.2, 0) is 22.8 Å². The summed E-state index contributed by atoms with van der Waals surface area (Å²) in [6.45, 7) is 6.48. The average Bonchev–Trinajstić information content (AvgIpc) is 2.57. The molecule has 1 aromatic rings. The smallest absolute Gasteiger partial charge is 0.191 e. The minimum atomic E-state index is -2.94. The van der Waals surface area contributed by atoms with Crippen LogP contribution in [0.4, 0.5) is 5.69 Å². The zero-order valence-corrected chi connectivity index (χ0v) is 17.2. The standard InChI is InChI=1S/C19H32N4O2S/c1-5-20-19(22-15(2)10-12-26(4,24)25)21-14-16-8-9-18-17(13-16)7-6-11-23(18)3/h8-9,13,15H,5-7,10-12,14H2,1-4H3,(H2,20,21,22). The summed E-state index contributed by atoms with van der Waals surface area (Å²) in [6, 6.07) is 6.63. The number of benzene rings is 1. The normalized spacial score (nSPS) is 16.2. The molecular formula is C19H32N4O2S. The lowest BCUT2D eigenvalue weighted by molar-refractivity contribution is 0.581. The van der Waals surface area contributed by atoms with Crippen molar-refractivity contribution in [3.8, 4) is 0 Å². The Morgan fingerprint density at radius 3 is 2.85 bits per heavy atom. The van der Waals surface area contributed by atoms with E-state index in [4.69, 9.17) is 0 Å². The van der Waals surface area contributed by atoms with Gasteiger partial charge in [-0.3, -0.25) is 0 Å². The largest absolute Gasteiger partial charge is 0.374 e. The van der Waals surface area contributed by atoms with Crippen LogP contribution in [0.25, 0.3) is 0 Å². The summed E-state index contributed by atoms with van der Waals surface area (Å²) in [7, 11) is -0.800. The van der Waals surface area contributed by atoms with Crippen molar-refractivity contribution < 1.29 is 8.42 Å². The zero-order chi connectivity index (χ0) is 19.2. The zero-order valence-electron chi connectivity index (χ0n) is 16.4. The Labute approximate surface area is 158 Å². The lowest BCUT2D eigenvalue weighted by atomic mass is 10.00. The van der Waals surface area contributed by atoms with Gasteiger partial charge in [0, 0.05) is 38.1 Å². The Morgan fingerprint density at radius 1 is 1.38 bits per heavy atom. The third-order valence-corrected chi connectivity index (χ3v) is 5.54. The first-order chi connectivity index (χ1) is 12.3. The van der Waals surface area contributed by atoms with Crippen LogP contribution in [0, 0.1) is 0 Å². The molecule has 1 aliphatic heterocycles. The van der Waals surface area contributed by atoms with Gasteiger partial charge in [-0.05, 0) is 50.3 Å². The van der Waals surface area contributed by atoms with E-state index in [-0.39, 0.29) is 11.8 Å². The van der Waals surface area contributed by atoms with Crippen LogP contribution in [0.5, 0.6) is 0 Å². The van der Waals surface area contributed by atoms with Gasteiger partial charge in [-0.2, -0.15) is 0 Å². The van der Waals surface area contributed by atoms with Gasteiger partial charge in [0.25, 0.3) is 0 Å². The highest BCUT2D eigenvalue weighted by atomic mass is 32.2. The molecule has 0 aromatic heterocycles. The van der Waals surface area contributed by atoms with Gasteiger partial charge in [0.1, 0.15) is 9.84 Å². The number of hydrogen-bond donors (Lipinski definition) is 2. The van der Waals surface area contributed by atoms with Crippen LogP contribution >= 0.6 is 0 Å². The number of sulfone groups is 1. The van der Waals surface area contributed by atoms with E-state index in [2.05, 4.69) is 45.8 Å². The molecule has 0 amide bonds. The number of fused-ring (bicyclic) bond motifs is 1. The maximum absolute atomic E-state index is 11.3. The summed E-state index contributed by atoms with van der Waals surface area (Å²) in [4.78, 5) is 6.97. The quantitative estimate of drug-likeness (QED) is 0.559. The maximum atomic E-state index is 11.3. The predicted octanol–water partition coefficient (Wildman–Crippen LogP) is 1.95. The molecule has 26 heavy (non-hydrogen) atoms. The fourth-order valence-electron chi connectivity index (χ4n) is 3.12. The van der Waals surface area contributed by atoms with Gasteiger partial charge >= 0.3 is 0 Å². The first-order valence-electron chi connectivity index (χ1n) is 9.34. The van der Waals surface area contributed by atoms with Crippen molar-refractivity contribution in [2.45, 2.75) is 45.7 Å². The fraction of sp³-hybridized carbons (Fsp3) is 0.632. The summed E-state index contributed by atoms with van der Waals surface area (Å²) in [6.07, 6.45) is 4.15. The monoisotopic (exact) mass is 380 g/mol. The Balaban J connectivity index is 2.00. The van der Waals surface area contributed by atoms with Crippen LogP contribution in [0.15, 0.2) is 23.2 Å². The van der Waals surface area contributed by atoms with Gasteiger partial charge in [0.05, 0.1) is 12.3 Å². The fourth-order valence-corrected chi connectivity index (χ4v) is 3.91. The number of aryl methyl sites for hydroxylation is 1. The molecule has 0 spiro atoms. The molecule has 1 heterocycles. The van der Waals surface area contributed by atoms with Crippen LogP contribution in [0.2, 0.25) is 0 Å². The maximum Gasteiger partial charge on any atom is 0.191 e. The SMILES string of the molecule is CCNC(=NCc1ccc2c(c1)CCCN2C)NC(C)CCS(C)(=O)=O. The molecule has 7 heteroatoms. The molecular weight excluding hydrogens is 348 g/mol. The molecule has 0 bridgehead atoms. The van der Waals surface area contributed by atoms with Crippen LogP contribution < -0.4 is 15.5 Å². The predicted molar refractivity (Wildman–Crippen MR) is 110 cm³/mol. The van der Waals surface area contributed by atoms with Gasteiger partial charge < -0.3 is 15.5 Å². The molecule has 0 fully saturated rings. The van der Waals surface area contributed by atoms with E-state index in [1.165, 1.54) is 29.5 Å². The molecule has 0 saturated heterocycles. The van der Waals surface area contributed by atoms with Crippen LogP contribution in [-0.4, -0.2) is 52.6 Å². The van der Waals surface area contributed by atoms with E-state index in [0.717, 1.165) is 25.5 Å². The van der Waals surface area contributed by atoms with Crippen molar-refractivity contribution in [1.82, 2.24) is 10.6 Å². The van der Waals surface area contributed by atoms with Gasteiger partial charge in [0.2, 0.25) is 0 Å². The molecule has 1 unspecified atom stereocenters. The van der Waals surface area contributed by atoms with Crippen molar-refractivity contribution in [1.29, 1.82) is 0 Å². The van der Waals surface area contributed by atoms with E-state index in [9.17, 15) is 8.42 Å². The number of aliphatic imine (C=N–C) groups is 1. The second kappa shape index (κ2) is 9.26. The Hall–Kier alpha value is -1.76. The highest BCUT2D eigenvalue weighted by molar-refractivity contribution is 7.90. The molecule has 6 nitrogen and oxygen atoms in total. The van der Waals surface area contributed by atoms with E-state index in [0.29, 0.717) is 13.0 Å². The molecule has 0 saturated carbocycles. The van der Waals surface area contributed by atoms with Crippen LogP contribution in [0.1, 0.15) is 37.8 Å². The number of nitrogens with zero attached hydrogens (tertiary/aromatic N) is 2. The third kappa shape index (κ3) is 6.52. The molecule has 1 atom stereocenters. The summed E-state index contributed by atoms with van der Waals surface area (Å²) in [5.41, 5.74) is 3.91. The van der Waals surface area contributed by atoms with Crippen LogP contribution in [0.3, 0.4) is 0 Å². The van der Waals surface area contributed by atoms with Crippen molar-refractivity contribution in [2.24, 2.45) is 4.99 Å². The summed E-state index contributed by atoms with van der Waals surface area (Å²) >= 11 is 0. The first-order valence-corrected chi connectivity index (χ1v) is 11.4. The minimum absolute atomic E-state index is 0.0414. The lowest BCUT2D eigenvalue weighted by Gasteiger charge is -2.27. The van der Waals surface area contributed by atoms with E-state index < -0.39 is 9.84 Å². The molecule has 146 valence electrons. The summed E-state index contributed by atoms with van der Waals surface area (Å²) in [5.74, 6) is 0.905. The molecule has 1 aliphatic rings. The molecule has 2 rings (SSSR count). The van der Waals surface area contributed by atoms with Crippen molar-refractivity contribution in [3.63, 3.8) is 0 Å². The number of rotatable bonds is 7. The van der Waals surface area contributed by atoms with Gasteiger partial charge in [-0.15, -0.1) is 0 Å². The Kier molecular flexibility index (Phi) is 7.32. The van der Waals surface area contributed by atoms with Gasteiger partial charge in [0.15, 0.2) is 5.96 Å². The van der Waals surface area contributed by atoms with Gasteiger partial charge in [-0.1, -0.05) is 12.1 Å². The topological polar surface area (TPSA) is 73.8 Å². The Morgan fingerprint density at radius 2 is 2.15 bits per heavy atom. The van der Waals surface area contributed by atoms with Crippen molar-refractivity contribution in [2.75, 3.05) is 37.0 Å². The molecule has 0 aliphatic carbocycles. The van der Waals surface area contributed by atoms with Gasteiger partial charge in [-0.25, -0.2) is 13.4 Å². The first kappa shape index (κ1) is 20.6. The average molecular weight is 381 g/mol. The molecule has 2 N–H and O–H groups in total. The second-order valence-electron chi connectivity index (χ2n) is 7.15. The highest BCUT2D eigenvalue weighted by Gasteiger charge is 2.14. The number of nitrogens with one attached hydrogen (secondary N) is 2. The van der Waals surface area contributed by atoms with E-state index in [1.807, 2.05) is 13.8 Å². The van der Waals surface area contributed by atoms with Crippen molar-refractivity contribution in [3.05, 3.63) is 29.3 Å². The van der Waals surface area contributed by atoms with Crippen molar-refractivity contribution >= 4 is 21.5 Å². The van der Waals surface area contributed by atoms with E-state index in [1.54, 1.807) is 0 Å². The summed E-state index contributed by atoms with van der Waals surface area (Å²) < 4.78 is 22.6. The van der Waals surface area contributed by atoms with E-state index >= 15 is 0 Å². The third-order valence-electron chi connectivity index (χ3n) is 4.56. The summed E-state index contributed by atoms with van der Waals surface area (Å²) in [5, 5.41) is 6.53. The number of guanidine groups is 1. The Bertz CT molecular complexity index is 731. The minimum Gasteiger partial charge on any atom is -0.374 e. The number of hydrogen-bond acceptors (Lipinski definition) is 4. The molecule has 1 aromatic carbocycles. The second-order valence-corrected chi connectivity index (χ2v) is 9.41. The highest BCUT2D eigenvalue weighted by Crippen LogP contribution is 2.26.